The van der Waals surface area contributed by atoms with Gasteiger partial charge in [0.2, 0.25) is 10.0 Å². The van der Waals surface area contributed by atoms with Crippen LogP contribution in [0.15, 0.2) is 78.9 Å². The second kappa shape index (κ2) is 8.81. The third kappa shape index (κ3) is 5.43. The minimum absolute atomic E-state index is 0.0386. The summed E-state index contributed by atoms with van der Waals surface area (Å²) in [6.45, 7) is -0.0386. The molecule has 9 heteroatoms. The van der Waals surface area contributed by atoms with Crippen LogP contribution in [0.25, 0.3) is 0 Å². The van der Waals surface area contributed by atoms with E-state index in [0.29, 0.717) is 5.56 Å². The molecule has 0 spiro atoms. The topological polar surface area (TPSA) is 66.5 Å². The summed E-state index contributed by atoms with van der Waals surface area (Å²) in [4.78, 5) is 12.9. The maximum atomic E-state index is 13.3. The molecule has 3 aromatic rings. The molecule has 0 aliphatic heterocycles. The largest absolute Gasteiger partial charge is 0.418 e. The Kier molecular flexibility index (Phi) is 6.35. The van der Waals surface area contributed by atoms with Crippen LogP contribution in [0.1, 0.15) is 21.5 Å². The van der Waals surface area contributed by atoms with E-state index in [2.05, 4.69) is 5.32 Å². The first-order valence-corrected chi connectivity index (χ1v) is 11.0. The molecule has 0 aromatic heterocycles. The van der Waals surface area contributed by atoms with E-state index < -0.39 is 33.4 Å². The highest BCUT2D eigenvalue weighted by Gasteiger charge is 2.34. The van der Waals surface area contributed by atoms with Gasteiger partial charge in [0, 0.05) is 0 Å². The quantitative estimate of drug-likeness (QED) is 0.582. The van der Waals surface area contributed by atoms with Gasteiger partial charge in [-0.25, -0.2) is 8.42 Å². The standard InChI is InChI=1S/C22H19F3N2O3S/c1-31(29,30)27(15-16-9-3-2-4-10-16)20-14-8-5-11-17(20)21(28)26-19-13-7-6-12-18(19)22(23,24)25/h2-14H,15H2,1H3,(H,26,28). The molecule has 0 aliphatic carbocycles. The molecule has 162 valence electrons. The van der Waals surface area contributed by atoms with E-state index >= 15 is 0 Å². The third-order valence-corrected chi connectivity index (χ3v) is 5.59. The second-order valence-corrected chi connectivity index (χ2v) is 8.68. The lowest BCUT2D eigenvalue weighted by molar-refractivity contribution is -0.136. The highest BCUT2D eigenvalue weighted by Crippen LogP contribution is 2.35. The fraction of sp³-hybridized carbons (Fsp3) is 0.136. The number of nitrogens with one attached hydrogen (secondary N) is 1. The van der Waals surface area contributed by atoms with E-state index in [0.717, 1.165) is 22.7 Å². The summed E-state index contributed by atoms with van der Waals surface area (Å²) in [5, 5.41) is 2.26. The van der Waals surface area contributed by atoms with Crippen LogP contribution in [-0.2, 0) is 22.7 Å². The zero-order chi connectivity index (χ0) is 22.6. The van der Waals surface area contributed by atoms with Crippen LogP contribution < -0.4 is 9.62 Å². The number of hydrogen-bond donors (Lipinski definition) is 1. The predicted molar refractivity (Wildman–Crippen MR) is 113 cm³/mol. The molecular weight excluding hydrogens is 429 g/mol. The van der Waals surface area contributed by atoms with Gasteiger partial charge < -0.3 is 5.32 Å². The molecule has 1 amide bonds. The van der Waals surface area contributed by atoms with Crippen LogP contribution in [0.5, 0.6) is 0 Å². The van der Waals surface area contributed by atoms with Crippen molar-refractivity contribution in [3.05, 3.63) is 95.6 Å². The Morgan fingerprint density at radius 3 is 2.13 bits per heavy atom. The van der Waals surface area contributed by atoms with Crippen molar-refractivity contribution in [2.75, 3.05) is 15.9 Å². The number of alkyl halides is 3. The van der Waals surface area contributed by atoms with Crippen molar-refractivity contribution >= 4 is 27.3 Å². The molecule has 0 saturated carbocycles. The SMILES string of the molecule is CS(=O)(=O)N(Cc1ccccc1)c1ccccc1C(=O)Nc1ccccc1C(F)(F)F. The van der Waals surface area contributed by atoms with Crippen molar-refractivity contribution < 1.29 is 26.4 Å². The van der Waals surface area contributed by atoms with Crippen molar-refractivity contribution in [2.45, 2.75) is 12.7 Å². The summed E-state index contributed by atoms with van der Waals surface area (Å²) in [6, 6.07) is 19.2. The Bertz CT molecular complexity index is 1180. The number of carbonyl (C=O) groups is 1. The average molecular weight is 448 g/mol. The fourth-order valence-electron chi connectivity index (χ4n) is 3.04. The summed E-state index contributed by atoms with van der Waals surface area (Å²) in [7, 11) is -3.80. The molecule has 0 fully saturated rings. The first-order chi connectivity index (χ1) is 14.6. The number of carbonyl (C=O) groups excluding carboxylic acids is 1. The summed E-state index contributed by atoms with van der Waals surface area (Å²) in [6.07, 6.45) is -3.65. The molecule has 0 aliphatic rings. The van der Waals surface area contributed by atoms with Gasteiger partial charge in [0.1, 0.15) is 0 Å². The molecule has 5 nitrogen and oxygen atoms in total. The van der Waals surface area contributed by atoms with Gasteiger partial charge in [-0.15, -0.1) is 0 Å². The van der Waals surface area contributed by atoms with Crippen molar-refractivity contribution in [3.8, 4) is 0 Å². The third-order valence-electron chi connectivity index (χ3n) is 4.47. The lowest BCUT2D eigenvalue weighted by Gasteiger charge is -2.25. The van der Waals surface area contributed by atoms with Gasteiger partial charge in [0.15, 0.2) is 0 Å². The number of rotatable bonds is 6. The van der Waals surface area contributed by atoms with E-state index in [4.69, 9.17) is 0 Å². The molecule has 0 bridgehead atoms. The van der Waals surface area contributed by atoms with Crippen LogP contribution in [-0.4, -0.2) is 20.6 Å². The van der Waals surface area contributed by atoms with Crippen LogP contribution in [0.3, 0.4) is 0 Å². The van der Waals surface area contributed by atoms with Crippen molar-refractivity contribution in [2.24, 2.45) is 0 Å². The molecule has 0 heterocycles. The number of benzene rings is 3. The maximum Gasteiger partial charge on any atom is 0.418 e. The smallest absolute Gasteiger partial charge is 0.321 e. The van der Waals surface area contributed by atoms with Crippen molar-refractivity contribution in [1.82, 2.24) is 0 Å². The number of anilines is 2. The number of nitrogens with zero attached hydrogens (tertiary/aromatic N) is 1. The molecular formula is C22H19F3N2O3S. The van der Waals surface area contributed by atoms with Crippen molar-refractivity contribution in [3.63, 3.8) is 0 Å². The van der Waals surface area contributed by atoms with Crippen LogP contribution in [0.2, 0.25) is 0 Å². The molecule has 0 radical (unpaired) electrons. The van der Waals surface area contributed by atoms with Crippen LogP contribution in [0, 0.1) is 0 Å². The second-order valence-electron chi connectivity index (χ2n) is 6.77. The van der Waals surface area contributed by atoms with Gasteiger partial charge in [-0.2, -0.15) is 13.2 Å². The number of halogens is 3. The molecule has 3 rings (SSSR count). The Hall–Kier alpha value is -3.33. The number of sulfonamides is 1. The predicted octanol–water partition coefficient (Wildman–Crippen LogP) is 4.92. The van der Waals surface area contributed by atoms with Gasteiger partial charge in [-0.1, -0.05) is 54.6 Å². The highest BCUT2D eigenvalue weighted by molar-refractivity contribution is 7.92. The van der Waals surface area contributed by atoms with E-state index in [1.807, 2.05) is 0 Å². The Morgan fingerprint density at radius 2 is 1.48 bits per heavy atom. The summed E-state index contributed by atoms with van der Waals surface area (Å²) in [5.74, 6) is -0.853. The summed E-state index contributed by atoms with van der Waals surface area (Å²) < 4.78 is 65.9. The molecule has 0 atom stereocenters. The van der Waals surface area contributed by atoms with Gasteiger partial charge in [-0.05, 0) is 29.8 Å². The average Bonchev–Trinajstić information content (AvgIpc) is 2.71. The number of para-hydroxylation sites is 2. The van der Waals surface area contributed by atoms with E-state index in [9.17, 15) is 26.4 Å². The molecule has 0 saturated heterocycles. The molecule has 1 N–H and O–H groups in total. The van der Waals surface area contributed by atoms with Crippen LogP contribution >= 0.6 is 0 Å². The van der Waals surface area contributed by atoms with Gasteiger partial charge in [-0.3, -0.25) is 9.10 Å². The Balaban J connectivity index is 2.00. The fourth-order valence-corrected chi connectivity index (χ4v) is 3.94. The van der Waals surface area contributed by atoms with Crippen molar-refractivity contribution in [1.29, 1.82) is 0 Å². The van der Waals surface area contributed by atoms with E-state index in [-0.39, 0.29) is 17.8 Å². The number of amides is 1. The van der Waals surface area contributed by atoms with Gasteiger partial charge in [0.25, 0.3) is 5.91 Å². The zero-order valence-corrected chi connectivity index (χ0v) is 17.2. The Morgan fingerprint density at radius 1 is 0.903 bits per heavy atom. The van der Waals surface area contributed by atoms with E-state index in [1.54, 1.807) is 36.4 Å². The highest BCUT2D eigenvalue weighted by atomic mass is 32.2. The molecule has 3 aromatic carbocycles. The number of hydrogen-bond acceptors (Lipinski definition) is 3. The van der Waals surface area contributed by atoms with Crippen LogP contribution in [0.4, 0.5) is 24.5 Å². The first kappa shape index (κ1) is 22.4. The molecule has 31 heavy (non-hydrogen) atoms. The minimum atomic E-state index is -4.66. The monoisotopic (exact) mass is 448 g/mol. The van der Waals surface area contributed by atoms with E-state index in [1.165, 1.54) is 30.3 Å². The Labute approximate surface area is 178 Å². The van der Waals surface area contributed by atoms with Gasteiger partial charge in [0.05, 0.1) is 35.3 Å². The minimum Gasteiger partial charge on any atom is -0.321 e. The lowest BCUT2D eigenvalue weighted by Crippen LogP contribution is -2.31. The maximum absolute atomic E-state index is 13.3. The summed E-state index contributed by atoms with van der Waals surface area (Å²) in [5.41, 5.74) is -0.726. The summed E-state index contributed by atoms with van der Waals surface area (Å²) >= 11 is 0. The van der Waals surface area contributed by atoms with Gasteiger partial charge >= 0.3 is 6.18 Å². The molecule has 0 unspecified atom stereocenters. The zero-order valence-electron chi connectivity index (χ0n) is 16.4. The first-order valence-electron chi connectivity index (χ1n) is 9.15. The lowest BCUT2D eigenvalue weighted by atomic mass is 10.1. The normalized spacial score (nSPS) is 11.7.